The fraction of sp³-hybridized carbons (Fsp3) is 0.333. The molecule has 0 aliphatic carbocycles. The molecule has 12 heteroatoms. The zero-order valence-corrected chi connectivity index (χ0v) is 21.0. The molecule has 0 atom stereocenters. The predicted molar refractivity (Wildman–Crippen MR) is 135 cm³/mol. The van der Waals surface area contributed by atoms with E-state index >= 15 is 0 Å². The highest BCUT2D eigenvalue weighted by Gasteiger charge is 2.35. The summed E-state index contributed by atoms with van der Waals surface area (Å²) < 4.78 is 49.1. The summed E-state index contributed by atoms with van der Waals surface area (Å²) >= 11 is 0. The van der Waals surface area contributed by atoms with Gasteiger partial charge in [0.05, 0.1) is 28.9 Å². The van der Waals surface area contributed by atoms with Gasteiger partial charge in [0.25, 0.3) is 0 Å². The Hall–Kier alpha value is -4.71. The number of aromatic nitrogens is 5. The zero-order chi connectivity index (χ0) is 27.6. The monoisotopic (exact) mass is 532 g/mol. The Morgan fingerprint density at radius 2 is 1.90 bits per heavy atom. The maximum absolute atomic E-state index is 14.0. The molecule has 9 nitrogen and oxygen atoms in total. The Kier molecular flexibility index (Phi) is 7.03. The minimum Gasteiger partial charge on any atom is -0.493 e. The van der Waals surface area contributed by atoms with Crippen molar-refractivity contribution in [2.75, 3.05) is 24.6 Å². The molecule has 4 aromatic rings. The van der Waals surface area contributed by atoms with Crippen LogP contribution in [0.2, 0.25) is 0 Å². The topological polar surface area (TPSA) is 117 Å². The van der Waals surface area contributed by atoms with Crippen LogP contribution in [0.15, 0.2) is 42.6 Å². The van der Waals surface area contributed by atoms with Gasteiger partial charge in [0.2, 0.25) is 0 Å². The lowest BCUT2D eigenvalue weighted by molar-refractivity contribution is -0.138. The van der Waals surface area contributed by atoms with E-state index in [9.17, 15) is 23.7 Å². The molecule has 198 valence electrons. The number of rotatable bonds is 6. The number of aryl methyl sites for hydroxylation is 1. The molecule has 0 saturated carbocycles. The van der Waals surface area contributed by atoms with Crippen LogP contribution in [0, 0.1) is 28.6 Å². The SMILES string of the molecule is Cn1nnc2c(C#N)nc(-c3ccc(OCCC4CCN(c5ncccc5C#N)CC4)c(C(F)(F)F)c3)cc21. The number of nitrogens with zero attached hydrogens (tertiary/aromatic N) is 8. The van der Waals surface area contributed by atoms with Gasteiger partial charge in [-0.15, -0.1) is 5.10 Å². The van der Waals surface area contributed by atoms with Crippen molar-refractivity contribution < 1.29 is 17.9 Å². The van der Waals surface area contributed by atoms with Crippen LogP contribution in [0.1, 0.15) is 36.1 Å². The number of fused-ring (bicyclic) bond motifs is 1. The molecule has 39 heavy (non-hydrogen) atoms. The Bertz CT molecular complexity index is 1590. The number of nitriles is 2. The maximum Gasteiger partial charge on any atom is 0.419 e. The van der Waals surface area contributed by atoms with Gasteiger partial charge < -0.3 is 9.64 Å². The first-order chi connectivity index (χ1) is 18.8. The van der Waals surface area contributed by atoms with E-state index < -0.39 is 11.7 Å². The minimum atomic E-state index is -4.64. The second kappa shape index (κ2) is 10.6. The van der Waals surface area contributed by atoms with E-state index in [0.717, 1.165) is 18.9 Å². The van der Waals surface area contributed by atoms with E-state index in [4.69, 9.17) is 4.74 Å². The molecule has 5 rings (SSSR count). The lowest BCUT2D eigenvalue weighted by Gasteiger charge is -2.33. The number of pyridine rings is 2. The fourth-order valence-electron chi connectivity index (χ4n) is 4.80. The van der Waals surface area contributed by atoms with Gasteiger partial charge in [0.1, 0.15) is 29.2 Å². The minimum absolute atomic E-state index is 0.0116. The van der Waals surface area contributed by atoms with Crippen LogP contribution < -0.4 is 9.64 Å². The molecular formula is C27H23F3N8O. The Morgan fingerprint density at radius 3 is 2.62 bits per heavy atom. The Labute approximate surface area is 222 Å². The van der Waals surface area contributed by atoms with E-state index in [2.05, 4.69) is 31.2 Å². The van der Waals surface area contributed by atoms with Gasteiger partial charge in [-0.2, -0.15) is 23.7 Å². The summed E-state index contributed by atoms with van der Waals surface area (Å²) in [7, 11) is 1.63. The summed E-state index contributed by atoms with van der Waals surface area (Å²) in [5.74, 6) is 0.705. The molecule has 1 fully saturated rings. The predicted octanol–water partition coefficient (Wildman–Crippen LogP) is 4.87. The summed E-state index contributed by atoms with van der Waals surface area (Å²) in [5, 5.41) is 26.5. The van der Waals surface area contributed by atoms with Gasteiger partial charge in [-0.05, 0) is 61.6 Å². The standard InChI is InChI=1S/C27H23F3N8O/c1-37-23-14-21(34-22(16-32)25(23)35-36-37)18-4-5-24(20(13-18)27(28,29)30)39-12-8-17-6-10-38(11-7-17)26-19(15-31)3-2-9-33-26/h2-5,9,13-14,17H,6-8,10-12H2,1H3. The number of alkyl halides is 3. The smallest absolute Gasteiger partial charge is 0.419 e. The molecule has 0 radical (unpaired) electrons. The van der Waals surface area contributed by atoms with Crippen LogP contribution in [-0.4, -0.2) is 44.7 Å². The van der Waals surface area contributed by atoms with Gasteiger partial charge in [-0.1, -0.05) is 5.21 Å². The molecule has 0 N–H and O–H groups in total. The molecule has 4 heterocycles. The van der Waals surface area contributed by atoms with Crippen molar-refractivity contribution in [3.05, 3.63) is 59.4 Å². The van der Waals surface area contributed by atoms with Crippen LogP contribution in [-0.2, 0) is 13.2 Å². The van der Waals surface area contributed by atoms with E-state index in [-0.39, 0.29) is 40.7 Å². The lowest BCUT2D eigenvalue weighted by Crippen LogP contribution is -2.35. The van der Waals surface area contributed by atoms with Crippen molar-refractivity contribution in [1.29, 1.82) is 10.5 Å². The molecule has 1 aromatic carbocycles. The van der Waals surface area contributed by atoms with Crippen molar-refractivity contribution in [1.82, 2.24) is 25.0 Å². The first-order valence-corrected chi connectivity index (χ1v) is 12.3. The zero-order valence-electron chi connectivity index (χ0n) is 21.0. The summed E-state index contributed by atoms with van der Waals surface area (Å²) in [5.41, 5.74) is 0.798. The number of hydrogen-bond donors (Lipinski definition) is 0. The van der Waals surface area contributed by atoms with Gasteiger partial charge >= 0.3 is 6.18 Å². The molecule has 1 aliphatic heterocycles. The van der Waals surface area contributed by atoms with Crippen molar-refractivity contribution in [3.8, 4) is 29.1 Å². The maximum atomic E-state index is 14.0. The van der Waals surface area contributed by atoms with E-state index in [1.807, 2.05) is 6.07 Å². The number of hydrogen-bond acceptors (Lipinski definition) is 8. The first-order valence-electron chi connectivity index (χ1n) is 12.3. The lowest BCUT2D eigenvalue weighted by atomic mass is 9.93. The Balaban J connectivity index is 1.27. The molecule has 0 amide bonds. The number of anilines is 1. The van der Waals surface area contributed by atoms with Crippen molar-refractivity contribution in [2.45, 2.75) is 25.4 Å². The molecule has 1 saturated heterocycles. The third kappa shape index (κ3) is 5.32. The number of ether oxygens (including phenoxy) is 1. The van der Waals surface area contributed by atoms with Crippen LogP contribution in [0.4, 0.5) is 19.0 Å². The van der Waals surface area contributed by atoms with Crippen LogP contribution in [0.25, 0.3) is 22.3 Å². The highest BCUT2D eigenvalue weighted by Crippen LogP contribution is 2.39. The molecule has 1 aliphatic rings. The van der Waals surface area contributed by atoms with Crippen molar-refractivity contribution in [3.63, 3.8) is 0 Å². The highest BCUT2D eigenvalue weighted by atomic mass is 19.4. The quantitative estimate of drug-likeness (QED) is 0.345. The average molecular weight is 533 g/mol. The van der Waals surface area contributed by atoms with Crippen LogP contribution >= 0.6 is 0 Å². The Morgan fingerprint density at radius 1 is 1.10 bits per heavy atom. The fourth-order valence-corrected chi connectivity index (χ4v) is 4.80. The first kappa shape index (κ1) is 25.9. The third-order valence-corrected chi connectivity index (χ3v) is 6.89. The largest absolute Gasteiger partial charge is 0.493 e. The molecule has 3 aromatic heterocycles. The van der Waals surface area contributed by atoms with E-state index in [1.54, 1.807) is 31.4 Å². The van der Waals surface area contributed by atoms with Crippen LogP contribution in [0.3, 0.4) is 0 Å². The summed E-state index contributed by atoms with van der Waals surface area (Å²) in [6.45, 7) is 1.57. The number of halogens is 3. The number of benzene rings is 1. The number of piperidine rings is 1. The third-order valence-electron chi connectivity index (χ3n) is 6.89. The van der Waals surface area contributed by atoms with E-state index in [0.29, 0.717) is 36.4 Å². The van der Waals surface area contributed by atoms with Crippen molar-refractivity contribution >= 4 is 16.9 Å². The summed E-state index contributed by atoms with van der Waals surface area (Å²) in [6.07, 6.45) is -0.722. The average Bonchev–Trinajstić information content (AvgIpc) is 3.33. The van der Waals surface area contributed by atoms with Crippen molar-refractivity contribution in [2.24, 2.45) is 13.0 Å². The van der Waals surface area contributed by atoms with Crippen LogP contribution in [0.5, 0.6) is 5.75 Å². The van der Waals surface area contributed by atoms with Gasteiger partial charge in [0.15, 0.2) is 5.69 Å². The summed E-state index contributed by atoms with van der Waals surface area (Å²) in [4.78, 5) is 10.6. The molecular weight excluding hydrogens is 509 g/mol. The molecule has 0 spiro atoms. The second-order valence-corrected chi connectivity index (χ2v) is 9.31. The summed E-state index contributed by atoms with van der Waals surface area (Å²) in [6, 6.07) is 12.9. The normalized spacial score (nSPS) is 14.3. The van der Waals surface area contributed by atoms with E-state index in [1.165, 1.54) is 16.8 Å². The molecule has 0 bridgehead atoms. The van der Waals surface area contributed by atoms with Gasteiger partial charge in [-0.3, -0.25) is 0 Å². The second-order valence-electron chi connectivity index (χ2n) is 9.31. The van der Waals surface area contributed by atoms with Gasteiger partial charge in [0, 0.05) is 31.9 Å². The molecule has 0 unspecified atom stereocenters. The highest BCUT2D eigenvalue weighted by molar-refractivity contribution is 5.83. The van der Waals surface area contributed by atoms with Gasteiger partial charge in [-0.25, -0.2) is 14.6 Å².